The first-order valence-electron chi connectivity index (χ1n) is 6.70. The molecule has 0 aliphatic carbocycles. The summed E-state index contributed by atoms with van der Waals surface area (Å²) in [7, 11) is 1.29. The van der Waals surface area contributed by atoms with E-state index < -0.39 is 12.1 Å². The molecule has 1 aliphatic rings. The van der Waals surface area contributed by atoms with Crippen LogP contribution in [0.5, 0.6) is 0 Å². The van der Waals surface area contributed by atoms with Gasteiger partial charge in [-0.2, -0.15) is 0 Å². The van der Waals surface area contributed by atoms with Gasteiger partial charge >= 0.3 is 5.97 Å². The lowest BCUT2D eigenvalue weighted by Crippen LogP contribution is -2.48. The molecule has 21 heavy (non-hydrogen) atoms. The Bertz CT molecular complexity index is 550. The summed E-state index contributed by atoms with van der Waals surface area (Å²) in [5.41, 5.74) is 1.22. The molecule has 2 rings (SSSR count). The van der Waals surface area contributed by atoms with E-state index in [0.717, 1.165) is 5.69 Å². The van der Waals surface area contributed by atoms with E-state index in [2.05, 4.69) is 9.72 Å². The van der Waals surface area contributed by atoms with Crippen LogP contribution >= 0.6 is 11.6 Å². The molecule has 0 radical (unpaired) electrons. The number of carbonyl (C=O) groups excluding carboxylic acids is 2. The van der Waals surface area contributed by atoms with Crippen molar-refractivity contribution in [3.63, 3.8) is 0 Å². The topological polar surface area (TPSA) is 68.7 Å². The molecular formula is C14H17ClN2O4. The van der Waals surface area contributed by atoms with Crippen molar-refractivity contribution in [3.05, 3.63) is 28.5 Å². The number of ether oxygens (including phenoxy) is 2. The Morgan fingerprint density at radius 1 is 1.52 bits per heavy atom. The highest BCUT2D eigenvalue weighted by atomic mass is 35.5. The van der Waals surface area contributed by atoms with E-state index in [0.29, 0.717) is 25.1 Å². The van der Waals surface area contributed by atoms with Gasteiger partial charge in [-0.25, -0.2) is 9.78 Å². The molecule has 1 aromatic rings. The Labute approximate surface area is 128 Å². The minimum atomic E-state index is -0.740. The van der Waals surface area contributed by atoms with Gasteiger partial charge < -0.3 is 14.4 Å². The first-order chi connectivity index (χ1) is 10.0. The largest absolute Gasteiger partial charge is 0.467 e. The van der Waals surface area contributed by atoms with Gasteiger partial charge in [-0.3, -0.25) is 4.79 Å². The number of nitrogens with zero attached hydrogens (tertiary/aromatic N) is 2. The summed E-state index contributed by atoms with van der Waals surface area (Å²) in [6.07, 6.45) is -0.0509. The average molecular weight is 313 g/mol. The van der Waals surface area contributed by atoms with Crippen LogP contribution in [0.3, 0.4) is 0 Å². The van der Waals surface area contributed by atoms with E-state index in [1.165, 1.54) is 13.2 Å². The third-order valence-electron chi connectivity index (χ3n) is 3.27. The molecule has 0 aromatic carbocycles. The molecule has 1 aromatic heterocycles. The van der Waals surface area contributed by atoms with Gasteiger partial charge in [0.15, 0.2) is 6.10 Å². The van der Waals surface area contributed by atoms with Crippen molar-refractivity contribution in [1.29, 1.82) is 0 Å². The van der Waals surface area contributed by atoms with Crippen molar-refractivity contribution in [2.75, 3.05) is 26.8 Å². The zero-order chi connectivity index (χ0) is 15.4. The molecule has 0 saturated carbocycles. The number of aryl methyl sites for hydroxylation is 1. The molecule has 1 atom stereocenters. The second kappa shape index (κ2) is 6.87. The van der Waals surface area contributed by atoms with Crippen LogP contribution in [0.1, 0.15) is 23.0 Å². The molecule has 0 N–H and O–H groups in total. The van der Waals surface area contributed by atoms with Crippen LogP contribution in [0.15, 0.2) is 12.1 Å². The second-order valence-corrected chi connectivity index (χ2v) is 5.04. The summed E-state index contributed by atoms with van der Waals surface area (Å²) < 4.78 is 9.95. The lowest BCUT2D eigenvalue weighted by molar-refractivity contribution is -0.158. The number of aromatic nitrogens is 1. The maximum atomic E-state index is 12.5. The Morgan fingerprint density at radius 3 is 2.95 bits per heavy atom. The standard InChI is InChI=1S/C14H17ClN2O4/c1-3-10-6-9(7-12(15)16-10)13(18)17-4-5-21-11(8-17)14(19)20-2/h6-7,11H,3-5,8H2,1-2H3. The molecule has 1 aliphatic heterocycles. The number of hydrogen-bond acceptors (Lipinski definition) is 5. The zero-order valence-electron chi connectivity index (χ0n) is 12.0. The fourth-order valence-electron chi connectivity index (χ4n) is 2.15. The second-order valence-electron chi connectivity index (χ2n) is 4.66. The molecule has 1 fully saturated rings. The summed E-state index contributed by atoms with van der Waals surface area (Å²) >= 11 is 5.93. The van der Waals surface area contributed by atoms with Crippen molar-refractivity contribution in [2.45, 2.75) is 19.4 Å². The van der Waals surface area contributed by atoms with E-state index in [9.17, 15) is 9.59 Å². The number of amides is 1. The van der Waals surface area contributed by atoms with Crippen LogP contribution in [0.2, 0.25) is 5.15 Å². The van der Waals surface area contributed by atoms with Crippen LogP contribution < -0.4 is 0 Å². The van der Waals surface area contributed by atoms with Crippen molar-refractivity contribution >= 4 is 23.5 Å². The maximum absolute atomic E-state index is 12.5. The number of methoxy groups -OCH3 is 1. The predicted octanol–water partition coefficient (Wildman–Crippen LogP) is 1.31. The van der Waals surface area contributed by atoms with Crippen LogP contribution in [-0.4, -0.2) is 54.7 Å². The van der Waals surface area contributed by atoms with Crippen molar-refractivity contribution in [1.82, 2.24) is 9.88 Å². The van der Waals surface area contributed by atoms with Crippen molar-refractivity contribution in [3.8, 4) is 0 Å². The molecule has 7 heteroatoms. The van der Waals surface area contributed by atoms with Gasteiger partial charge in [0.1, 0.15) is 5.15 Å². The highest BCUT2D eigenvalue weighted by molar-refractivity contribution is 6.29. The third-order valence-corrected chi connectivity index (χ3v) is 3.47. The molecule has 1 amide bonds. The Hall–Kier alpha value is -1.66. The quantitative estimate of drug-likeness (QED) is 0.622. The number of carbonyl (C=O) groups is 2. The molecule has 114 valence electrons. The number of pyridine rings is 1. The van der Waals surface area contributed by atoms with E-state index >= 15 is 0 Å². The minimum absolute atomic E-state index is 0.174. The van der Waals surface area contributed by atoms with Gasteiger partial charge in [-0.1, -0.05) is 18.5 Å². The summed E-state index contributed by atoms with van der Waals surface area (Å²) in [6.45, 7) is 2.83. The summed E-state index contributed by atoms with van der Waals surface area (Å²) in [5, 5.41) is 0.287. The summed E-state index contributed by atoms with van der Waals surface area (Å²) in [5.74, 6) is -0.666. The van der Waals surface area contributed by atoms with E-state index in [4.69, 9.17) is 16.3 Å². The van der Waals surface area contributed by atoms with Gasteiger partial charge in [0, 0.05) is 17.8 Å². The Kier molecular flexibility index (Phi) is 5.14. The SMILES string of the molecule is CCc1cc(C(=O)N2CCOC(C(=O)OC)C2)cc(Cl)n1. The lowest BCUT2D eigenvalue weighted by atomic mass is 10.1. The summed E-state index contributed by atoms with van der Waals surface area (Å²) in [6, 6.07) is 3.25. The maximum Gasteiger partial charge on any atom is 0.336 e. The van der Waals surface area contributed by atoms with Crippen LogP contribution in [0.4, 0.5) is 0 Å². The molecule has 0 bridgehead atoms. The molecule has 6 nitrogen and oxygen atoms in total. The molecule has 2 heterocycles. The normalized spacial score (nSPS) is 18.4. The monoisotopic (exact) mass is 312 g/mol. The van der Waals surface area contributed by atoms with E-state index in [1.807, 2.05) is 6.92 Å². The van der Waals surface area contributed by atoms with Crippen molar-refractivity contribution < 1.29 is 19.1 Å². The third kappa shape index (κ3) is 3.71. The fraction of sp³-hybridized carbons (Fsp3) is 0.500. The average Bonchev–Trinajstić information content (AvgIpc) is 2.52. The van der Waals surface area contributed by atoms with Crippen LogP contribution in [0.25, 0.3) is 0 Å². The minimum Gasteiger partial charge on any atom is -0.467 e. The van der Waals surface area contributed by atoms with Crippen LogP contribution in [-0.2, 0) is 20.7 Å². The van der Waals surface area contributed by atoms with E-state index in [-0.39, 0.29) is 17.6 Å². The van der Waals surface area contributed by atoms with Crippen LogP contribution in [0, 0.1) is 0 Å². The number of rotatable bonds is 3. The number of halogens is 1. The smallest absolute Gasteiger partial charge is 0.336 e. The molecule has 1 unspecified atom stereocenters. The first kappa shape index (κ1) is 15.7. The van der Waals surface area contributed by atoms with Gasteiger partial charge in [0.25, 0.3) is 5.91 Å². The lowest BCUT2D eigenvalue weighted by Gasteiger charge is -2.31. The van der Waals surface area contributed by atoms with E-state index in [1.54, 1.807) is 11.0 Å². The highest BCUT2D eigenvalue weighted by Crippen LogP contribution is 2.16. The highest BCUT2D eigenvalue weighted by Gasteiger charge is 2.30. The van der Waals surface area contributed by atoms with Gasteiger partial charge in [-0.15, -0.1) is 0 Å². The number of morpholine rings is 1. The first-order valence-corrected chi connectivity index (χ1v) is 7.08. The zero-order valence-corrected chi connectivity index (χ0v) is 12.7. The van der Waals surface area contributed by atoms with Crippen molar-refractivity contribution in [2.24, 2.45) is 0 Å². The number of hydrogen-bond donors (Lipinski definition) is 0. The molecule has 1 saturated heterocycles. The van der Waals surface area contributed by atoms with Gasteiger partial charge in [0.05, 0.1) is 20.3 Å². The Morgan fingerprint density at radius 2 is 2.29 bits per heavy atom. The summed E-state index contributed by atoms with van der Waals surface area (Å²) in [4.78, 5) is 29.7. The fourth-order valence-corrected chi connectivity index (χ4v) is 2.37. The number of esters is 1. The Balaban J connectivity index is 2.15. The molecule has 0 spiro atoms. The predicted molar refractivity (Wildman–Crippen MR) is 76.3 cm³/mol. The molecular weight excluding hydrogens is 296 g/mol. The van der Waals surface area contributed by atoms with Gasteiger partial charge in [-0.05, 0) is 18.6 Å². The van der Waals surface area contributed by atoms with Gasteiger partial charge in [0.2, 0.25) is 0 Å².